The fourth-order valence-electron chi connectivity index (χ4n) is 8.59. The molecule has 0 saturated heterocycles. The summed E-state index contributed by atoms with van der Waals surface area (Å²) in [5.41, 5.74) is -0.0181. The Kier molecular flexibility index (Phi) is 2.33. The molecule has 0 radical (unpaired) electrons. The molecule has 6 rings (SSSR count). The molecule has 7 atom stereocenters. The summed E-state index contributed by atoms with van der Waals surface area (Å²) >= 11 is 0. The third kappa shape index (κ3) is 1.34. The number of fused-ring (bicyclic) bond motifs is 1. The van der Waals surface area contributed by atoms with Crippen molar-refractivity contribution in [3.63, 3.8) is 0 Å². The van der Waals surface area contributed by atoms with Crippen LogP contribution in [-0.4, -0.2) is 16.9 Å². The van der Waals surface area contributed by atoms with Crippen LogP contribution in [0.3, 0.4) is 0 Å². The van der Waals surface area contributed by atoms with Crippen molar-refractivity contribution >= 4 is 11.8 Å². The quantitative estimate of drug-likeness (QED) is 0.798. The second kappa shape index (κ2) is 3.70. The molecule has 0 heterocycles. The van der Waals surface area contributed by atoms with Crippen molar-refractivity contribution in [3.8, 4) is 0 Å². The summed E-state index contributed by atoms with van der Waals surface area (Å²) in [7, 11) is 0. The van der Waals surface area contributed by atoms with Crippen molar-refractivity contribution in [2.24, 2.45) is 45.3 Å². The Bertz CT molecular complexity index is 637. The van der Waals surface area contributed by atoms with Gasteiger partial charge in [-0.15, -0.1) is 0 Å². The Labute approximate surface area is 138 Å². The van der Waals surface area contributed by atoms with E-state index >= 15 is 0 Å². The lowest BCUT2D eigenvalue weighted by Gasteiger charge is -2.64. The number of carbonyl (C=O) groups excluding carboxylic acids is 1. The monoisotopic (exact) mass is 316 g/mol. The number of hydrogen-bond donors (Lipinski definition) is 1. The molecule has 0 aromatic carbocycles. The molecule has 6 saturated carbocycles. The zero-order valence-corrected chi connectivity index (χ0v) is 14.5. The van der Waals surface area contributed by atoms with Crippen molar-refractivity contribution in [2.75, 3.05) is 0 Å². The van der Waals surface area contributed by atoms with Crippen molar-refractivity contribution in [3.05, 3.63) is 0 Å². The van der Waals surface area contributed by atoms with E-state index in [1.165, 1.54) is 0 Å². The summed E-state index contributed by atoms with van der Waals surface area (Å²) in [6.45, 7) is 6.78. The summed E-state index contributed by atoms with van der Waals surface area (Å²) in [5.74, 6) is 1.97. The Morgan fingerprint density at radius 3 is 2.52 bits per heavy atom. The number of rotatable bonds is 1. The number of carbonyl (C=O) groups is 2. The SMILES string of the molecule is CC1(C)C(=O)CC[C@]2(C)[C@@H]1CC[C@@]13CC4[C@@H](C[C@H]12)[C@]4(C(=O)O)C3. The fourth-order valence-corrected chi connectivity index (χ4v) is 8.59. The van der Waals surface area contributed by atoms with Crippen LogP contribution in [0.15, 0.2) is 0 Å². The van der Waals surface area contributed by atoms with Gasteiger partial charge in [0.15, 0.2) is 0 Å². The van der Waals surface area contributed by atoms with Gasteiger partial charge in [0.05, 0.1) is 5.41 Å². The van der Waals surface area contributed by atoms with E-state index in [9.17, 15) is 14.7 Å². The van der Waals surface area contributed by atoms with Gasteiger partial charge in [-0.25, -0.2) is 0 Å². The Hall–Kier alpha value is -0.860. The highest BCUT2D eigenvalue weighted by Crippen LogP contribution is 2.85. The van der Waals surface area contributed by atoms with E-state index in [1.54, 1.807) is 0 Å². The lowest BCUT2D eigenvalue weighted by atomic mass is 9.39. The maximum atomic E-state index is 12.5. The lowest BCUT2D eigenvalue weighted by Crippen LogP contribution is -2.59. The maximum absolute atomic E-state index is 12.5. The fraction of sp³-hybridized carbons (Fsp3) is 0.900. The highest BCUT2D eigenvalue weighted by atomic mass is 16.4. The van der Waals surface area contributed by atoms with Gasteiger partial charge in [0.2, 0.25) is 0 Å². The van der Waals surface area contributed by atoms with Gasteiger partial charge >= 0.3 is 5.97 Å². The number of carboxylic acids is 1. The molecular formula is C20H28O3. The third-order valence-electron chi connectivity index (χ3n) is 9.60. The Balaban J connectivity index is 1.55. The van der Waals surface area contributed by atoms with Gasteiger partial charge in [0.1, 0.15) is 5.78 Å². The summed E-state index contributed by atoms with van der Waals surface area (Å²) in [6.07, 6.45) is 7.26. The van der Waals surface area contributed by atoms with Gasteiger partial charge in [-0.1, -0.05) is 20.8 Å². The molecule has 1 spiro atoms. The summed E-state index contributed by atoms with van der Waals surface area (Å²) in [5, 5.41) is 9.79. The molecule has 6 aliphatic carbocycles. The summed E-state index contributed by atoms with van der Waals surface area (Å²) in [4.78, 5) is 24.4. The van der Waals surface area contributed by atoms with Gasteiger partial charge in [-0.2, -0.15) is 0 Å². The molecule has 6 fully saturated rings. The molecule has 3 heteroatoms. The van der Waals surface area contributed by atoms with Gasteiger partial charge in [0.25, 0.3) is 0 Å². The lowest BCUT2D eigenvalue weighted by molar-refractivity contribution is -0.176. The molecule has 0 amide bonds. The first-order valence-electron chi connectivity index (χ1n) is 9.45. The van der Waals surface area contributed by atoms with Crippen LogP contribution in [0.2, 0.25) is 0 Å². The smallest absolute Gasteiger partial charge is 0.310 e. The van der Waals surface area contributed by atoms with Crippen LogP contribution in [-0.2, 0) is 9.59 Å². The van der Waals surface area contributed by atoms with Crippen molar-refractivity contribution < 1.29 is 14.7 Å². The van der Waals surface area contributed by atoms with Crippen LogP contribution in [0, 0.1) is 45.3 Å². The zero-order chi connectivity index (χ0) is 16.4. The standard InChI is InChI=1S/C20H28O3/c1-17(2)13-4-7-19-9-12-11(20(12,10-19)16(22)23)8-14(19)18(13,3)6-5-15(17)21/h11-14H,4-10H2,1-3H3,(H,22,23)/t11-,12?,13-,14+,18-,19+,20-/m1/s1. The molecule has 23 heavy (non-hydrogen) atoms. The molecule has 6 aliphatic rings. The molecule has 0 aromatic rings. The molecule has 126 valence electrons. The molecule has 1 N–H and O–H groups in total. The molecule has 0 aromatic heterocycles. The Morgan fingerprint density at radius 1 is 1.13 bits per heavy atom. The average Bonchev–Trinajstić information content (AvgIpc) is 2.99. The first kappa shape index (κ1) is 14.5. The minimum atomic E-state index is -0.519. The topological polar surface area (TPSA) is 54.4 Å². The molecule has 3 nitrogen and oxygen atoms in total. The van der Waals surface area contributed by atoms with Crippen molar-refractivity contribution in [2.45, 2.75) is 65.7 Å². The van der Waals surface area contributed by atoms with Crippen LogP contribution < -0.4 is 0 Å². The van der Waals surface area contributed by atoms with Crippen LogP contribution in [0.25, 0.3) is 0 Å². The van der Waals surface area contributed by atoms with Gasteiger partial charge in [-0.3, -0.25) is 9.59 Å². The number of hydrogen-bond acceptors (Lipinski definition) is 2. The Morgan fingerprint density at radius 2 is 1.87 bits per heavy atom. The largest absolute Gasteiger partial charge is 0.481 e. The first-order chi connectivity index (χ1) is 10.7. The maximum Gasteiger partial charge on any atom is 0.310 e. The number of carboxylic acid groups (broad SMARTS) is 1. The number of Topliss-reactive ketones (excluding diaryl/α,β-unsaturated/α-hetero) is 1. The van der Waals surface area contributed by atoms with E-state index in [0.717, 1.165) is 44.9 Å². The van der Waals surface area contributed by atoms with Crippen molar-refractivity contribution in [1.29, 1.82) is 0 Å². The minimum Gasteiger partial charge on any atom is -0.481 e. The van der Waals surface area contributed by atoms with E-state index in [0.29, 0.717) is 29.5 Å². The highest BCUT2D eigenvalue weighted by Gasteiger charge is 2.83. The number of aliphatic carboxylic acids is 1. The average molecular weight is 316 g/mol. The second-order valence-corrected chi connectivity index (χ2v) is 10.3. The van der Waals surface area contributed by atoms with Gasteiger partial charge in [0, 0.05) is 11.8 Å². The van der Waals surface area contributed by atoms with E-state index in [2.05, 4.69) is 20.8 Å². The minimum absolute atomic E-state index is 0.192. The zero-order valence-electron chi connectivity index (χ0n) is 14.5. The highest BCUT2D eigenvalue weighted by molar-refractivity contribution is 5.85. The molecule has 0 aliphatic heterocycles. The molecule has 1 unspecified atom stereocenters. The number of ketones is 1. The summed E-state index contributed by atoms with van der Waals surface area (Å²) in [6, 6.07) is 0. The van der Waals surface area contributed by atoms with E-state index in [-0.39, 0.29) is 21.7 Å². The van der Waals surface area contributed by atoms with Crippen LogP contribution in [0.5, 0.6) is 0 Å². The normalized spacial score (nSPS) is 58.3. The van der Waals surface area contributed by atoms with E-state index in [1.807, 2.05) is 0 Å². The molecular weight excluding hydrogens is 288 g/mol. The van der Waals surface area contributed by atoms with Gasteiger partial charge in [-0.05, 0) is 73.0 Å². The van der Waals surface area contributed by atoms with Crippen LogP contribution in [0.4, 0.5) is 0 Å². The van der Waals surface area contributed by atoms with E-state index < -0.39 is 5.97 Å². The first-order valence-corrected chi connectivity index (χ1v) is 9.45. The van der Waals surface area contributed by atoms with Crippen LogP contribution in [0.1, 0.15) is 65.7 Å². The predicted molar refractivity (Wildman–Crippen MR) is 85.7 cm³/mol. The van der Waals surface area contributed by atoms with Gasteiger partial charge < -0.3 is 5.11 Å². The van der Waals surface area contributed by atoms with E-state index in [4.69, 9.17) is 0 Å². The summed E-state index contributed by atoms with van der Waals surface area (Å²) < 4.78 is 0. The third-order valence-corrected chi connectivity index (χ3v) is 9.60. The molecule has 4 bridgehead atoms. The predicted octanol–water partition coefficient (Wildman–Crippen LogP) is 3.91. The van der Waals surface area contributed by atoms with Crippen molar-refractivity contribution in [1.82, 2.24) is 0 Å². The van der Waals surface area contributed by atoms with Crippen LogP contribution >= 0.6 is 0 Å². The second-order valence-electron chi connectivity index (χ2n) is 10.3.